The number of hydrogen-bond donors (Lipinski definition) is 1. The standard InChI is InChI=1S/C14H15NO5S/c16-10-12-5-6-14(20-12)21(17,18)15-7-8-19-13-4-2-1-3-11(13)9-15/h1-6,16H,7-10H2. The van der Waals surface area contributed by atoms with E-state index in [1.807, 2.05) is 24.3 Å². The molecule has 1 aromatic heterocycles. The maximum atomic E-state index is 12.6. The van der Waals surface area contributed by atoms with Crippen LogP contribution in [0.5, 0.6) is 5.75 Å². The van der Waals surface area contributed by atoms with E-state index in [0.29, 0.717) is 5.75 Å². The summed E-state index contributed by atoms with van der Waals surface area (Å²) in [4.78, 5) is 0. The van der Waals surface area contributed by atoms with Gasteiger partial charge in [-0.2, -0.15) is 4.31 Å². The molecule has 21 heavy (non-hydrogen) atoms. The Balaban J connectivity index is 1.92. The van der Waals surface area contributed by atoms with E-state index in [4.69, 9.17) is 14.3 Å². The van der Waals surface area contributed by atoms with Gasteiger partial charge < -0.3 is 14.3 Å². The SMILES string of the molecule is O=S(=O)(c1ccc(CO)o1)N1CCOc2ccccc2C1. The molecule has 7 heteroatoms. The van der Waals surface area contributed by atoms with Gasteiger partial charge in [0.1, 0.15) is 24.7 Å². The van der Waals surface area contributed by atoms with Crippen LogP contribution >= 0.6 is 0 Å². The highest BCUT2D eigenvalue weighted by Crippen LogP contribution is 2.27. The number of aliphatic hydroxyl groups excluding tert-OH is 1. The normalized spacial score (nSPS) is 16.0. The first-order valence-electron chi connectivity index (χ1n) is 6.51. The zero-order chi connectivity index (χ0) is 14.9. The molecule has 0 amide bonds. The Hall–Kier alpha value is -1.83. The van der Waals surface area contributed by atoms with Gasteiger partial charge in [0.25, 0.3) is 10.0 Å². The second-order valence-electron chi connectivity index (χ2n) is 4.67. The summed E-state index contributed by atoms with van der Waals surface area (Å²) in [7, 11) is -3.74. The Morgan fingerprint density at radius 3 is 2.76 bits per heavy atom. The molecule has 0 radical (unpaired) electrons. The quantitative estimate of drug-likeness (QED) is 0.926. The summed E-state index contributed by atoms with van der Waals surface area (Å²) < 4.78 is 37.2. The molecule has 1 aliphatic rings. The van der Waals surface area contributed by atoms with Gasteiger partial charge in [0, 0.05) is 18.7 Å². The van der Waals surface area contributed by atoms with Crippen LogP contribution in [0.25, 0.3) is 0 Å². The highest BCUT2D eigenvalue weighted by molar-refractivity contribution is 7.89. The van der Waals surface area contributed by atoms with Gasteiger partial charge in [-0.3, -0.25) is 0 Å². The predicted molar refractivity (Wildman–Crippen MR) is 74.2 cm³/mol. The number of hydrogen-bond acceptors (Lipinski definition) is 5. The van der Waals surface area contributed by atoms with Crippen molar-refractivity contribution in [2.24, 2.45) is 0 Å². The Labute approximate surface area is 122 Å². The van der Waals surface area contributed by atoms with Crippen LogP contribution in [0.2, 0.25) is 0 Å². The van der Waals surface area contributed by atoms with Crippen LogP contribution in [0, 0.1) is 0 Å². The highest BCUT2D eigenvalue weighted by Gasteiger charge is 2.30. The fourth-order valence-electron chi connectivity index (χ4n) is 2.22. The van der Waals surface area contributed by atoms with E-state index in [2.05, 4.69) is 0 Å². The number of furan rings is 1. The smallest absolute Gasteiger partial charge is 0.276 e. The number of benzene rings is 1. The van der Waals surface area contributed by atoms with Crippen molar-refractivity contribution in [3.05, 3.63) is 47.7 Å². The fraction of sp³-hybridized carbons (Fsp3) is 0.286. The molecule has 112 valence electrons. The summed E-state index contributed by atoms with van der Waals surface area (Å²) in [6, 6.07) is 10.2. The van der Waals surface area contributed by atoms with E-state index in [0.717, 1.165) is 5.56 Å². The second kappa shape index (κ2) is 5.51. The predicted octanol–water partition coefficient (Wildman–Crippen LogP) is 1.36. The zero-order valence-corrected chi connectivity index (χ0v) is 12.0. The van der Waals surface area contributed by atoms with E-state index >= 15 is 0 Å². The van der Waals surface area contributed by atoms with E-state index in [-0.39, 0.29) is 37.2 Å². The van der Waals surface area contributed by atoms with Crippen molar-refractivity contribution in [2.45, 2.75) is 18.2 Å². The number of aliphatic hydroxyl groups is 1. The van der Waals surface area contributed by atoms with Crippen LogP contribution in [0.1, 0.15) is 11.3 Å². The van der Waals surface area contributed by atoms with Crippen LogP contribution in [0.15, 0.2) is 45.9 Å². The molecule has 0 saturated heterocycles. The Morgan fingerprint density at radius 1 is 1.19 bits per heavy atom. The second-order valence-corrected chi connectivity index (χ2v) is 6.54. The van der Waals surface area contributed by atoms with Crippen molar-refractivity contribution in [1.29, 1.82) is 0 Å². The van der Waals surface area contributed by atoms with Crippen molar-refractivity contribution in [1.82, 2.24) is 4.31 Å². The summed E-state index contributed by atoms with van der Waals surface area (Å²) in [5, 5.41) is 8.82. The van der Waals surface area contributed by atoms with E-state index in [1.165, 1.54) is 16.4 Å². The lowest BCUT2D eigenvalue weighted by Crippen LogP contribution is -2.32. The number of sulfonamides is 1. The third-order valence-electron chi connectivity index (χ3n) is 3.30. The summed E-state index contributed by atoms with van der Waals surface area (Å²) in [6.07, 6.45) is 0. The van der Waals surface area contributed by atoms with Crippen molar-refractivity contribution in [2.75, 3.05) is 13.2 Å². The molecule has 0 saturated carbocycles. The molecule has 0 bridgehead atoms. The summed E-state index contributed by atoms with van der Waals surface area (Å²) in [5.74, 6) is 0.922. The van der Waals surface area contributed by atoms with Crippen LogP contribution in [-0.4, -0.2) is 31.0 Å². The van der Waals surface area contributed by atoms with Crippen LogP contribution in [-0.2, 0) is 23.2 Å². The van der Waals surface area contributed by atoms with Gasteiger partial charge in [0.05, 0.1) is 0 Å². The third kappa shape index (κ3) is 2.67. The maximum Gasteiger partial charge on any atom is 0.276 e. The lowest BCUT2D eigenvalue weighted by Gasteiger charge is -2.17. The molecule has 3 rings (SSSR count). The first-order chi connectivity index (χ1) is 10.1. The van der Waals surface area contributed by atoms with Gasteiger partial charge in [-0.25, -0.2) is 8.42 Å². The van der Waals surface area contributed by atoms with E-state index in [1.54, 1.807) is 0 Å². The van der Waals surface area contributed by atoms with Gasteiger partial charge in [-0.15, -0.1) is 0 Å². The fourth-order valence-corrected chi connectivity index (χ4v) is 3.55. The third-order valence-corrected chi connectivity index (χ3v) is 5.02. The zero-order valence-electron chi connectivity index (χ0n) is 11.2. The molecule has 0 atom stereocenters. The first kappa shape index (κ1) is 14.1. The van der Waals surface area contributed by atoms with Crippen LogP contribution < -0.4 is 4.74 Å². The molecule has 1 aliphatic heterocycles. The Morgan fingerprint density at radius 2 is 2.00 bits per heavy atom. The summed E-state index contributed by atoms with van der Waals surface area (Å²) in [6.45, 7) is 0.422. The first-order valence-corrected chi connectivity index (χ1v) is 7.95. The number of ether oxygens (including phenoxy) is 1. The number of para-hydroxylation sites is 1. The lowest BCUT2D eigenvalue weighted by atomic mass is 10.2. The lowest BCUT2D eigenvalue weighted by molar-refractivity contribution is 0.234. The van der Waals surface area contributed by atoms with Gasteiger partial charge in [0.2, 0.25) is 5.09 Å². The van der Waals surface area contributed by atoms with Crippen molar-refractivity contribution >= 4 is 10.0 Å². The van der Waals surface area contributed by atoms with Gasteiger partial charge >= 0.3 is 0 Å². The molecule has 0 fully saturated rings. The van der Waals surface area contributed by atoms with Crippen LogP contribution in [0.4, 0.5) is 0 Å². The highest BCUT2D eigenvalue weighted by atomic mass is 32.2. The largest absolute Gasteiger partial charge is 0.492 e. The number of nitrogens with zero attached hydrogens (tertiary/aromatic N) is 1. The summed E-state index contributed by atoms with van der Waals surface area (Å²) >= 11 is 0. The molecule has 0 aliphatic carbocycles. The minimum atomic E-state index is -3.74. The van der Waals surface area contributed by atoms with Gasteiger partial charge in [-0.1, -0.05) is 18.2 Å². The summed E-state index contributed by atoms with van der Waals surface area (Å²) in [5.41, 5.74) is 0.813. The van der Waals surface area contributed by atoms with Crippen molar-refractivity contribution in [3.8, 4) is 5.75 Å². The van der Waals surface area contributed by atoms with Gasteiger partial charge in [-0.05, 0) is 18.2 Å². The van der Waals surface area contributed by atoms with E-state index in [9.17, 15) is 8.42 Å². The molecule has 0 unspecified atom stereocenters. The van der Waals surface area contributed by atoms with E-state index < -0.39 is 10.0 Å². The minimum Gasteiger partial charge on any atom is -0.492 e. The van der Waals surface area contributed by atoms with Crippen molar-refractivity contribution in [3.63, 3.8) is 0 Å². The molecular weight excluding hydrogens is 294 g/mol. The van der Waals surface area contributed by atoms with Gasteiger partial charge in [0.15, 0.2) is 0 Å². The average Bonchev–Trinajstić information content (AvgIpc) is 2.87. The minimum absolute atomic E-state index is 0.161. The molecule has 1 aromatic carbocycles. The molecule has 1 N–H and O–H groups in total. The van der Waals surface area contributed by atoms with Crippen LogP contribution in [0.3, 0.4) is 0 Å². The van der Waals surface area contributed by atoms with Crippen molar-refractivity contribution < 1.29 is 22.7 Å². The Kier molecular flexibility index (Phi) is 3.71. The Bertz CT molecular complexity index is 737. The molecule has 2 heterocycles. The number of fused-ring (bicyclic) bond motifs is 1. The molecule has 2 aromatic rings. The monoisotopic (exact) mass is 309 g/mol. The number of rotatable bonds is 3. The topological polar surface area (TPSA) is 80.0 Å². The average molecular weight is 309 g/mol. The maximum absolute atomic E-state index is 12.6. The molecular formula is C14H15NO5S. The molecule has 6 nitrogen and oxygen atoms in total. The molecule has 0 spiro atoms.